The summed E-state index contributed by atoms with van der Waals surface area (Å²) in [7, 11) is 0. The van der Waals surface area contributed by atoms with Gasteiger partial charge in [0.05, 0.1) is 0 Å². The predicted molar refractivity (Wildman–Crippen MR) is 71.9 cm³/mol. The Bertz CT molecular complexity index is 572. The SMILES string of the molecule is Cc1ccc(C)n1-c1ccc(/C=C/C(=O)O)cc1. The lowest BCUT2D eigenvalue weighted by atomic mass is 10.2. The molecule has 1 heterocycles. The smallest absolute Gasteiger partial charge is 0.328 e. The van der Waals surface area contributed by atoms with Crippen molar-refractivity contribution in [2.24, 2.45) is 0 Å². The van der Waals surface area contributed by atoms with Crippen molar-refractivity contribution in [3.8, 4) is 5.69 Å². The summed E-state index contributed by atoms with van der Waals surface area (Å²) in [5.41, 5.74) is 4.33. The van der Waals surface area contributed by atoms with Gasteiger partial charge in [-0.15, -0.1) is 0 Å². The summed E-state index contributed by atoms with van der Waals surface area (Å²) in [4.78, 5) is 10.4. The van der Waals surface area contributed by atoms with E-state index in [1.165, 1.54) is 11.4 Å². The minimum atomic E-state index is -0.934. The first kappa shape index (κ1) is 12.2. The fraction of sp³-hybridized carbons (Fsp3) is 0.133. The van der Waals surface area contributed by atoms with Gasteiger partial charge in [-0.05, 0) is 49.8 Å². The molecule has 3 heteroatoms. The van der Waals surface area contributed by atoms with E-state index in [0.29, 0.717) is 0 Å². The molecule has 0 spiro atoms. The Morgan fingerprint density at radius 2 is 1.61 bits per heavy atom. The van der Waals surface area contributed by atoms with Crippen LogP contribution in [-0.2, 0) is 4.79 Å². The number of aryl methyl sites for hydroxylation is 2. The van der Waals surface area contributed by atoms with Crippen LogP contribution in [0.3, 0.4) is 0 Å². The molecular formula is C15H15NO2. The highest BCUT2D eigenvalue weighted by Crippen LogP contribution is 2.17. The average Bonchev–Trinajstić information content (AvgIpc) is 2.67. The maximum absolute atomic E-state index is 10.4. The first-order chi connectivity index (χ1) is 8.58. The quantitative estimate of drug-likeness (QED) is 0.838. The van der Waals surface area contributed by atoms with Gasteiger partial charge in [-0.25, -0.2) is 4.79 Å². The van der Waals surface area contributed by atoms with Gasteiger partial charge in [-0.3, -0.25) is 0 Å². The van der Waals surface area contributed by atoms with Crippen LogP contribution in [0.2, 0.25) is 0 Å². The zero-order valence-electron chi connectivity index (χ0n) is 10.4. The molecule has 0 amide bonds. The average molecular weight is 241 g/mol. The molecule has 2 aromatic rings. The zero-order valence-corrected chi connectivity index (χ0v) is 10.4. The maximum Gasteiger partial charge on any atom is 0.328 e. The van der Waals surface area contributed by atoms with Crippen LogP contribution in [0.4, 0.5) is 0 Å². The summed E-state index contributed by atoms with van der Waals surface area (Å²) in [5.74, 6) is -0.934. The molecule has 3 nitrogen and oxygen atoms in total. The Hall–Kier alpha value is -2.29. The van der Waals surface area contributed by atoms with Gasteiger partial charge in [0.1, 0.15) is 0 Å². The molecular weight excluding hydrogens is 226 g/mol. The van der Waals surface area contributed by atoms with E-state index in [9.17, 15) is 4.79 Å². The zero-order chi connectivity index (χ0) is 13.1. The van der Waals surface area contributed by atoms with Crippen molar-refractivity contribution in [2.45, 2.75) is 13.8 Å². The number of benzene rings is 1. The van der Waals surface area contributed by atoms with Crippen LogP contribution in [0.5, 0.6) is 0 Å². The van der Waals surface area contributed by atoms with Crippen LogP contribution in [0.25, 0.3) is 11.8 Å². The van der Waals surface area contributed by atoms with Gasteiger partial charge in [0.25, 0.3) is 0 Å². The van der Waals surface area contributed by atoms with Crippen LogP contribution in [-0.4, -0.2) is 15.6 Å². The van der Waals surface area contributed by atoms with Crippen LogP contribution in [0.1, 0.15) is 17.0 Å². The summed E-state index contributed by atoms with van der Waals surface area (Å²) in [5, 5.41) is 8.56. The van der Waals surface area contributed by atoms with Crippen LogP contribution < -0.4 is 0 Å². The Morgan fingerprint density at radius 1 is 1.06 bits per heavy atom. The van der Waals surface area contributed by atoms with Crippen LogP contribution >= 0.6 is 0 Å². The fourth-order valence-electron chi connectivity index (χ4n) is 1.98. The van der Waals surface area contributed by atoms with Gasteiger partial charge in [0, 0.05) is 23.2 Å². The third kappa shape index (κ3) is 2.51. The molecule has 0 atom stereocenters. The highest BCUT2D eigenvalue weighted by Gasteiger charge is 2.02. The fourth-order valence-corrected chi connectivity index (χ4v) is 1.98. The van der Waals surface area contributed by atoms with Crippen molar-refractivity contribution in [2.75, 3.05) is 0 Å². The van der Waals surface area contributed by atoms with Crippen LogP contribution in [0, 0.1) is 13.8 Å². The van der Waals surface area contributed by atoms with E-state index in [1.54, 1.807) is 6.08 Å². The second kappa shape index (κ2) is 4.92. The minimum absolute atomic E-state index is 0.878. The number of carboxylic acids is 1. The molecule has 0 aliphatic rings. The van der Waals surface area contributed by atoms with E-state index in [0.717, 1.165) is 17.3 Å². The first-order valence-corrected chi connectivity index (χ1v) is 5.74. The second-order valence-electron chi connectivity index (χ2n) is 4.21. The van der Waals surface area contributed by atoms with Gasteiger partial charge in [-0.2, -0.15) is 0 Å². The highest BCUT2D eigenvalue weighted by molar-refractivity contribution is 5.85. The largest absolute Gasteiger partial charge is 0.478 e. The standard InChI is InChI=1S/C15H15NO2/c1-11-3-4-12(2)16(11)14-8-5-13(6-9-14)7-10-15(17)18/h3-10H,1-2H3,(H,17,18)/b10-7+. The molecule has 0 saturated heterocycles. The predicted octanol–water partition coefficient (Wildman–Crippen LogP) is 3.19. The molecule has 1 aromatic carbocycles. The molecule has 0 aliphatic heterocycles. The number of carbonyl (C=O) groups is 1. The van der Waals surface area contributed by atoms with Gasteiger partial charge in [0.2, 0.25) is 0 Å². The molecule has 0 fully saturated rings. The number of nitrogens with zero attached hydrogens (tertiary/aromatic N) is 1. The summed E-state index contributed by atoms with van der Waals surface area (Å²) < 4.78 is 2.16. The lowest BCUT2D eigenvalue weighted by molar-refractivity contribution is -0.131. The molecule has 92 valence electrons. The van der Waals surface area contributed by atoms with Crippen molar-refractivity contribution >= 4 is 12.0 Å². The number of hydrogen-bond donors (Lipinski definition) is 1. The maximum atomic E-state index is 10.4. The van der Waals surface area contributed by atoms with Gasteiger partial charge < -0.3 is 9.67 Å². The van der Waals surface area contributed by atoms with E-state index in [1.807, 2.05) is 24.3 Å². The van der Waals surface area contributed by atoms with Crippen LogP contribution in [0.15, 0.2) is 42.5 Å². The Kier molecular flexibility index (Phi) is 3.33. The van der Waals surface area contributed by atoms with E-state index >= 15 is 0 Å². The number of aliphatic carboxylic acids is 1. The summed E-state index contributed by atoms with van der Waals surface area (Å²) in [6.45, 7) is 4.12. The summed E-state index contributed by atoms with van der Waals surface area (Å²) in [6.07, 6.45) is 2.72. The van der Waals surface area contributed by atoms with Crippen molar-refractivity contribution in [1.82, 2.24) is 4.57 Å². The van der Waals surface area contributed by atoms with Crippen molar-refractivity contribution < 1.29 is 9.90 Å². The number of rotatable bonds is 3. The third-order valence-corrected chi connectivity index (χ3v) is 2.84. The summed E-state index contributed by atoms with van der Waals surface area (Å²) >= 11 is 0. The van der Waals surface area contributed by atoms with Gasteiger partial charge in [-0.1, -0.05) is 12.1 Å². The van der Waals surface area contributed by atoms with E-state index in [-0.39, 0.29) is 0 Å². The number of hydrogen-bond acceptors (Lipinski definition) is 1. The third-order valence-electron chi connectivity index (χ3n) is 2.84. The highest BCUT2D eigenvalue weighted by atomic mass is 16.4. The molecule has 0 radical (unpaired) electrons. The molecule has 2 rings (SSSR count). The lowest BCUT2D eigenvalue weighted by Crippen LogP contribution is -1.98. The minimum Gasteiger partial charge on any atom is -0.478 e. The topological polar surface area (TPSA) is 42.2 Å². The second-order valence-corrected chi connectivity index (χ2v) is 4.21. The van der Waals surface area contributed by atoms with Gasteiger partial charge in [0.15, 0.2) is 0 Å². The molecule has 1 N–H and O–H groups in total. The van der Waals surface area contributed by atoms with Gasteiger partial charge >= 0.3 is 5.97 Å². The normalized spacial score (nSPS) is 11.0. The van der Waals surface area contributed by atoms with E-state index in [4.69, 9.17) is 5.11 Å². The molecule has 18 heavy (non-hydrogen) atoms. The molecule has 0 aliphatic carbocycles. The number of carboxylic acid groups (broad SMARTS) is 1. The Balaban J connectivity index is 2.31. The van der Waals surface area contributed by atoms with Crippen molar-refractivity contribution in [1.29, 1.82) is 0 Å². The molecule has 1 aromatic heterocycles. The number of aromatic nitrogens is 1. The monoisotopic (exact) mass is 241 g/mol. The van der Waals surface area contributed by atoms with E-state index in [2.05, 4.69) is 30.5 Å². The lowest BCUT2D eigenvalue weighted by Gasteiger charge is -2.09. The first-order valence-electron chi connectivity index (χ1n) is 5.74. The van der Waals surface area contributed by atoms with Crippen molar-refractivity contribution in [3.63, 3.8) is 0 Å². The molecule has 0 saturated carbocycles. The molecule has 0 unspecified atom stereocenters. The Labute approximate surface area is 106 Å². The molecule has 0 bridgehead atoms. The Morgan fingerprint density at radius 3 is 2.11 bits per heavy atom. The summed E-state index contributed by atoms with van der Waals surface area (Å²) in [6, 6.07) is 11.9. The van der Waals surface area contributed by atoms with Crippen molar-refractivity contribution in [3.05, 3.63) is 59.4 Å². The van der Waals surface area contributed by atoms with E-state index < -0.39 is 5.97 Å².